The van der Waals surface area contributed by atoms with E-state index in [-0.39, 0.29) is 6.04 Å². The minimum atomic E-state index is 0.247. The maximum absolute atomic E-state index is 5.70. The van der Waals surface area contributed by atoms with Crippen LogP contribution >= 0.6 is 12.2 Å². The van der Waals surface area contributed by atoms with E-state index in [4.69, 9.17) is 26.8 Å². The summed E-state index contributed by atoms with van der Waals surface area (Å²) in [6, 6.07) is 16.6. The fourth-order valence-corrected chi connectivity index (χ4v) is 4.38. The highest BCUT2D eigenvalue weighted by molar-refractivity contribution is 7.71. The highest BCUT2D eigenvalue weighted by Gasteiger charge is 2.29. The Morgan fingerprint density at radius 1 is 1.10 bits per heavy atom. The van der Waals surface area contributed by atoms with Crippen LogP contribution in [0.4, 0.5) is 0 Å². The summed E-state index contributed by atoms with van der Waals surface area (Å²) in [7, 11) is 5.41. The Morgan fingerprint density at radius 3 is 2.63 bits per heavy atom. The van der Waals surface area contributed by atoms with Crippen LogP contribution in [0.25, 0.3) is 0 Å². The third-order valence-electron chi connectivity index (χ3n) is 5.81. The van der Waals surface area contributed by atoms with Crippen LogP contribution in [0.2, 0.25) is 0 Å². The van der Waals surface area contributed by atoms with Crippen LogP contribution in [0.5, 0.6) is 11.5 Å². The maximum atomic E-state index is 5.70. The molecule has 1 aliphatic heterocycles. The van der Waals surface area contributed by atoms with Gasteiger partial charge in [-0.05, 0) is 48.8 Å². The van der Waals surface area contributed by atoms with Crippen LogP contribution < -0.4 is 9.47 Å². The van der Waals surface area contributed by atoms with Crippen LogP contribution in [0, 0.1) is 4.77 Å². The van der Waals surface area contributed by atoms with Crippen molar-refractivity contribution in [1.29, 1.82) is 0 Å². The maximum Gasteiger partial charge on any atom is 0.198 e. The fraction of sp³-hybridized carbons (Fsp3) is 0.391. The molecule has 0 amide bonds. The summed E-state index contributed by atoms with van der Waals surface area (Å²) in [5.74, 6) is 2.71. The van der Waals surface area contributed by atoms with E-state index in [1.165, 1.54) is 5.56 Å². The molecule has 0 aliphatic carbocycles. The van der Waals surface area contributed by atoms with Crippen LogP contribution in [-0.2, 0) is 20.1 Å². The predicted molar refractivity (Wildman–Crippen MR) is 120 cm³/mol. The molecule has 30 heavy (non-hydrogen) atoms. The van der Waals surface area contributed by atoms with Crippen molar-refractivity contribution in [2.75, 3.05) is 20.8 Å². The quantitative estimate of drug-likeness (QED) is 0.528. The molecule has 1 aromatic heterocycles. The SMILES string of the molecule is COc1ccc(OC)c([C@@H]2CCCN2Cn2nc(Cc3ccccc3)n(C)c2=S)c1. The van der Waals surface area contributed by atoms with Gasteiger partial charge in [-0.3, -0.25) is 4.90 Å². The lowest BCUT2D eigenvalue weighted by molar-refractivity contribution is 0.186. The molecule has 3 aromatic rings. The van der Waals surface area contributed by atoms with E-state index in [0.717, 1.165) is 53.5 Å². The number of ether oxygens (including phenoxy) is 2. The van der Waals surface area contributed by atoms with E-state index in [1.807, 2.05) is 34.5 Å². The average Bonchev–Trinajstić information content (AvgIpc) is 3.34. The molecular weight excluding hydrogens is 396 g/mol. The summed E-state index contributed by atoms with van der Waals surface area (Å²) < 4.78 is 15.8. The molecular formula is C23H28N4O2S. The molecule has 2 aromatic carbocycles. The summed E-state index contributed by atoms with van der Waals surface area (Å²) >= 11 is 5.70. The van der Waals surface area contributed by atoms with Gasteiger partial charge in [-0.15, -0.1) is 0 Å². The van der Waals surface area contributed by atoms with Crippen molar-refractivity contribution in [1.82, 2.24) is 19.2 Å². The molecule has 6 nitrogen and oxygen atoms in total. The number of methoxy groups -OCH3 is 2. The van der Waals surface area contributed by atoms with Gasteiger partial charge in [0.25, 0.3) is 0 Å². The fourth-order valence-electron chi connectivity index (χ4n) is 4.18. The second-order valence-corrected chi connectivity index (χ2v) is 8.00. The van der Waals surface area contributed by atoms with Crippen molar-refractivity contribution < 1.29 is 9.47 Å². The third-order valence-corrected chi connectivity index (χ3v) is 6.30. The Balaban J connectivity index is 1.58. The molecule has 0 saturated carbocycles. The summed E-state index contributed by atoms with van der Waals surface area (Å²) in [6.45, 7) is 1.66. The van der Waals surface area contributed by atoms with Gasteiger partial charge >= 0.3 is 0 Å². The predicted octanol–water partition coefficient (Wildman–Crippen LogP) is 4.35. The number of likely N-dealkylation sites (tertiary alicyclic amines) is 1. The van der Waals surface area contributed by atoms with E-state index in [2.05, 4.69) is 35.2 Å². The van der Waals surface area contributed by atoms with Gasteiger partial charge in [-0.1, -0.05) is 30.3 Å². The number of benzene rings is 2. The van der Waals surface area contributed by atoms with Crippen molar-refractivity contribution in [3.63, 3.8) is 0 Å². The van der Waals surface area contributed by atoms with Crippen molar-refractivity contribution in [3.8, 4) is 11.5 Å². The molecule has 0 radical (unpaired) electrons. The lowest BCUT2D eigenvalue weighted by Gasteiger charge is -2.26. The van der Waals surface area contributed by atoms with Gasteiger partial charge in [-0.2, -0.15) is 5.10 Å². The molecule has 0 unspecified atom stereocenters. The monoisotopic (exact) mass is 424 g/mol. The Kier molecular flexibility index (Phi) is 6.20. The molecule has 1 fully saturated rings. The molecule has 2 heterocycles. The number of rotatable bonds is 7. The van der Waals surface area contributed by atoms with Crippen molar-refractivity contribution in [2.24, 2.45) is 7.05 Å². The van der Waals surface area contributed by atoms with Gasteiger partial charge in [0.05, 0.1) is 20.9 Å². The normalized spacial score (nSPS) is 16.7. The minimum Gasteiger partial charge on any atom is -0.497 e. The van der Waals surface area contributed by atoms with Gasteiger partial charge in [0.2, 0.25) is 0 Å². The minimum absolute atomic E-state index is 0.247. The Hall–Kier alpha value is -2.64. The van der Waals surface area contributed by atoms with Gasteiger partial charge in [-0.25, -0.2) is 4.68 Å². The van der Waals surface area contributed by atoms with E-state index >= 15 is 0 Å². The molecule has 0 bridgehead atoms. The van der Waals surface area contributed by atoms with Crippen molar-refractivity contribution in [2.45, 2.75) is 32.0 Å². The van der Waals surface area contributed by atoms with Gasteiger partial charge in [0, 0.05) is 31.6 Å². The first-order valence-corrected chi connectivity index (χ1v) is 10.6. The molecule has 158 valence electrons. The van der Waals surface area contributed by atoms with Crippen LogP contribution in [-0.4, -0.2) is 40.0 Å². The molecule has 7 heteroatoms. The van der Waals surface area contributed by atoms with E-state index in [9.17, 15) is 0 Å². The lowest BCUT2D eigenvalue weighted by atomic mass is 10.0. The number of hydrogen-bond donors (Lipinski definition) is 0. The van der Waals surface area contributed by atoms with Crippen LogP contribution in [0.15, 0.2) is 48.5 Å². The van der Waals surface area contributed by atoms with Crippen LogP contribution in [0.1, 0.15) is 35.8 Å². The first-order chi connectivity index (χ1) is 14.6. The van der Waals surface area contributed by atoms with Crippen LogP contribution in [0.3, 0.4) is 0 Å². The molecule has 0 N–H and O–H groups in total. The van der Waals surface area contributed by atoms with E-state index in [0.29, 0.717) is 6.67 Å². The van der Waals surface area contributed by atoms with E-state index < -0.39 is 0 Å². The summed E-state index contributed by atoms with van der Waals surface area (Å²) in [4.78, 5) is 2.42. The van der Waals surface area contributed by atoms with Gasteiger partial charge in [0.1, 0.15) is 17.3 Å². The largest absolute Gasteiger partial charge is 0.497 e. The number of hydrogen-bond acceptors (Lipinski definition) is 5. The highest BCUT2D eigenvalue weighted by atomic mass is 32.1. The molecule has 1 atom stereocenters. The second-order valence-electron chi connectivity index (χ2n) is 7.64. The first kappa shape index (κ1) is 20.6. The summed E-state index contributed by atoms with van der Waals surface area (Å²) in [5.41, 5.74) is 2.38. The Morgan fingerprint density at radius 2 is 1.90 bits per heavy atom. The zero-order chi connectivity index (χ0) is 21.1. The molecule has 1 aliphatic rings. The first-order valence-electron chi connectivity index (χ1n) is 10.2. The van der Waals surface area contributed by atoms with Crippen molar-refractivity contribution in [3.05, 3.63) is 70.3 Å². The van der Waals surface area contributed by atoms with Gasteiger partial charge < -0.3 is 14.0 Å². The van der Waals surface area contributed by atoms with E-state index in [1.54, 1.807) is 14.2 Å². The number of aromatic nitrogens is 3. The summed E-state index contributed by atoms with van der Waals surface area (Å²) in [5, 5.41) is 4.85. The smallest absolute Gasteiger partial charge is 0.198 e. The topological polar surface area (TPSA) is 44.5 Å². The van der Waals surface area contributed by atoms with Crippen molar-refractivity contribution >= 4 is 12.2 Å². The van der Waals surface area contributed by atoms with Gasteiger partial charge in [0.15, 0.2) is 4.77 Å². The lowest BCUT2D eigenvalue weighted by Crippen LogP contribution is -2.27. The Labute approximate surface area is 182 Å². The average molecular weight is 425 g/mol. The molecule has 1 saturated heterocycles. The molecule has 0 spiro atoms. The number of nitrogens with zero attached hydrogens (tertiary/aromatic N) is 4. The zero-order valence-corrected chi connectivity index (χ0v) is 18.6. The molecule has 4 rings (SSSR count). The Bertz CT molecular complexity index is 1060. The summed E-state index contributed by atoms with van der Waals surface area (Å²) in [6.07, 6.45) is 2.96. The second kappa shape index (κ2) is 9.02. The third kappa shape index (κ3) is 4.13. The standard InChI is InChI=1S/C23H28N4O2S/c1-25-22(14-17-8-5-4-6-9-17)24-27(23(25)30)16-26-13-7-10-20(26)19-15-18(28-2)11-12-21(19)29-3/h4-6,8-9,11-12,15,20H,7,10,13-14,16H2,1-3H3/t20-/m0/s1. The zero-order valence-electron chi connectivity index (χ0n) is 17.7. The highest BCUT2D eigenvalue weighted by Crippen LogP contribution is 2.39.